The highest BCUT2D eigenvalue weighted by Crippen LogP contribution is 2.34. The Morgan fingerprint density at radius 1 is 1.25 bits per heavy atom. The Labute approximate surface area is 148 Å². The summed E-state index contributed by atoms with van der Waals surface area (Å²) in [7, 11) is 0. The van der Waals surface area contributed by atoms with Gasteiger partial charge in [-0.1, -0.05) is 0 Å². The maximum atomic E-state index is 6.18. The summed E-state index contributed by atoms with van der Waals surface area (Å²) in [4.78, 5) is 8.72. The summed E-state index contributed by atoms with van der Waals surface area (Å²) in [6, 6.07) is 7.87. The molecule has 1 aliphatic heterocycles. The second kappa shape index (κ2) is 6.44. The first kappa shape index (κ1) is 15.5. The summed E-state index contributed by atoms with van der Waals surface area (Å²) in [6.07, 6.45) is 6.05. The third-order valence-electron chi connectivity index (χ3n) is 4.62. The topological polar surface area (TPSA) is 78.0 Å². The number of rotatable bonds is 3. The van der Waals surface area contributed by atoms with Crippen molar-refractivity contribution >= 4 is 33.5 Å². The molecule has 1 saturated heterocycles. The van der Waals surface area contributed by atoms with Crippen molar-refractivity contribution in [2.75, 3.05) is 18.8 Å². The predicted molar refractivity (Wildman–Crippen MR) is 94.5 cm³/mol. The van der Waals surface area contributed by atoms with Gasteiger partial charge in [0.2, 0.25) is 0 Å². The average Bonchev–Trinajstić information content (AvgIpc) is 3.04. The van der Waals surface area contributed by atoms with E-state index < -0.39 is 0 Å². The third kappa shape index (κ3) is 2.65. The number of fused-ring (bicyclic) bond motifs is 1. The number of hydrogen-bond acceptors (Lipinski definition) is 5. The number of nitrogen functional groups attached to an aromatic ring is 1. The SMILES string of the molecule is Nc1ncnc2c(C3CCCNC3)cn(-c3ccc([O][Al])cc3)c12. The molecule has 1 aromatic carbocycles. The molecule has 3 aromatic rings. The highest BCUT2D eigenvalue weighted by Gasteiger charge is 2.22. The molecule has 7 heteroatoms. The van der Waals surface area contributed by atoms with E-state index in [9.17, 15) is 0 Å². The maximum absolute atomic E-state index is 6.18. The number of anilines is 1. The van der Waals surface area contributed by atoms with Crippen LogP contribution in [0.3, 0.4) is 0 Å². The van der Waals surface area contributed by atoms with Gasteiger partial charge in [-0.2, -0.15) is 0 Å². The van der Waals surface area contributed by atoms with Crippen LogP contribution < -0.4 is 14.8 Å². The Kier molecular flexibility index (Phi) is 4.15. The van der Waals surface area contributed by atoms with Gasteiger partial charge in [0.05, 0.1) is 11.3 Å². The van der Waals surface area contributed by atoms with Gasteiger partial charge in [0.1, 0.15) is 11.8 Å². The molecule has 0 amide bonds. The number of hydrogen-bond donors (Lipinski definition) is 2. The Balaban J connectivity index is 1.87. The number of nitrogens with zero attached hydrogens (tertiary/aromatic N) is 3. The van der Waals surface area contributed by atoms with Crippen molar-refractivity contribution in [2.24, 2.45) is 0 Å². The Morgan fingerprint density at radius 3 is 2.79 bits per heavy atom. The molecule has 120 valence electrons. The highest BCUT2D eigenvalue weighted by atomic mass is 27.1. The number of nitrogens with one attached hydrogen (secondary N) is 1. The molecule has 0 spiro atoms. The van der Waals surface area contributed by atoms with Crippen LogP contribution in [0.1, 0.15) is 24.3 Å². The molecule has 0 bridgehead atoms. The molecule has 6 nitrogen and oxygen atoms in total. The molecule has 24 heavy (non-hydrogen) atoms. The van der Waals surface area contributed by atoms with Crippen molar-refractivity contribution in [1.29, 1.82) is 0 Å². The van der Waals surface area contributed by atoms with Crippen molar-refractivity contribution in [3.05, 3.63) is 42.4 Å². The molecule has 2 radical (unpaired) electrons. The second-order valence-electron chi connectivity index (χ2n) is 6.07. The minimum atomic E-state index is 0.450. The van der Waals surface area contributed by atoms with Gasteiger partial charge in [0, 0.05) is 29.9 Å². The Hall–Kier alpha value is -2.07. The fraction of sp³-hybridized carbons (Fsp3) is 0.294. The zero-order valence-corrected chi connectivity index (χ0v) is 14.4. The number of piperidine rings is 1. The van der Waals surface area contributed by atoms with Crippen LogP contribution in [0, 0.1) is 0 Å². The van der Waals surface area contributed by atoms with Gasteiger partial charge < -0.3 is 19.4 Å². The summed E-state index contributed by atoms with van der Waals surface area (Å²) in [5.41, 5.74) is 10.2. The van der Waals surface area contributed by atoms with Crippen LogP contribution in [0.15, 0.2) is 36.8 Å². The zero-order valence-electron chi connectivity index (χ0n) is 13.3. The van der Waals surface area contributed by atoms with Gasteiger partial charge in [-0.3, -0.25) is 0 Å². The lowest BCUT2D eigenvalue weighted by Gasteiger charge is -2.22. The van der Waals surface area contributed by atoms with Crippen molar-refractivity contribution < 1.29 is 3.79 Å². The van der Waals surface area contributed by atoms with Crippen LogP contribution >= 0.6 is 0 Å². The quantitative estimate of drug-likeness (QED) is 0.715. The van der Waals surface area contributed by atoms with E-state index >= 15 is 0 Å². The second-order valence-corrected chi connectivity index (χ2v) is 6.30. The number of aromatic nitrogens is 3. The molecule has 0 aliphatic carbocycles. The molecule has 1 atom stereocenters. The van der Waals surface area contributed by atoms with E-state index in [2.05, 4.69) is 42.7 Å². The molecule has 3 N–H and O–H groups in total. The third-order valence-corrected chi connectivity index (χ3v) is 4.89. The standard InChI is InChI=1S/C17H19N5O.Al/c18-17-16-15(20-10-21-17)14(11-2-1-7-19-8-11)9-22(16)12-3-5-13(23)6-4-12;/h3-6,9-11,19,23H,1-2,7-8H2,(H2,18,20,21);/q;+1/p-1. The lowest BCUT2D eigenvalue weighted by Crippen LogP contribution is -2.28. The molecule has 2 aromatic heterocycles. The van der Waals surface area contributed by atoms with E-state index in [1.54, 1.807) is 6.33 Å². The van der Waals surface area contributed by atoms with E-state index in [1.165, 1.54) is 12.0 Å². The largest absolute Gasteiger partial charge is 0.654 e. The van der Waals surface area contributed by atoms with Crippen LogP contribution in [-0.4, -0.2) is 44.2 Å². The van der Waals surface area contributed by atoms with Gasteiger partial charge in [-0.05, 0) is 43.7 Å². The molecule has 3 heterocycles. The van der Waals surface area contributed by atoms with E-state index in [0.29, 0.717) is 11.7 Å². The van der Waals surface area contributed by atoms with Gasteiger partial charge in [-0.25, -0.2) is 9.97 Å². The van der Waals surface area contributed by atoms with E-state index in [0.717, 1.165) is 42.0 Å². The van der Waals surface area contributed by atoms with Gasteiger partial charge in [0.25, 0.3) is 0 Å². The maximum Gasteiger partial charge on any atom is 0.482 e. The minimum absolute atomic E-state index is 0.450. The predicted octanol–water partition coefficient (Wildman–Crippen LogP) is 1.93. The van der Waals surface area contributed by atoms with E-state index in [-0.39, 0.29) is 0 Å². The fourth-order valence-electron chi connectivity index (χ4n) is 3.41. The summed E-state index contributed by atoms with van der Waals surface area (Å²) in [6.45, 7) is 2.06. The molecule has 4 rings (SSSR count). The van der Waals surface area contributed by atoms with Crippen LogP contribution in [0.5, 0.6) is 5.75 Å². The van der Waals surface area contributed by atoms with Crippen LogP contribution in [0.2, 0.25) is 0 Å². The van der Waals surface area contributed by atoms with Crippen molar-refractivity contribution in [1.82, 2.24) is 19.9 Å². The van der Waals surface area contributed by atoms with Gasteiger partial charge in [0.15, 0.2) is 5.82 Å². The lowest BCUT2D eigenvalue weighted by molar-refractivity contribution is 0.463. The van der Waals surface area contributed by atoms with Gasteiger partial charge >= 0.3 is 16.6 Å². The highest BCUT2D eigenvalue weighted by molar-refractivity contribution is 6.00. The summed E-state index contributed by atoms with van der Waals surface area (Å²) >= 11 is 2.26. The summed E-state index contributed by atoms with van der Waals surface area (Å²) in [5, 5.41) is 3.47. The van der Waals surface area contributed by atoms with E-state index in [1.807, 2.05) is 24.3 Å². The fourth-order valence-corrected chi connectivity index (χ4v) is 3.57. The molecule has 0 saturated carbocycles. The van der Waals surface area contributed by atoms with Crippen LogP contribution in [0.4, 0.5) is 5.82 Å². The zero-order chi connectivity index (χ0) is 16.5. The van der Waals surface area contributed by atoms with Crippen molar-refractivity contribution in [3.8, 4) is 11.4 Å². The molecule has 1 unspecified atom stereocenters. The van der Waals surface area contributed by atoms with Crippen molar-refractivity contribution in [3.63, 3.8) is 0 Å². The summed E-state index contributed by atoms with van der Waals surface area (Å²) in [5.74, 6) is 1.74. The van der Waals surface area contributed by atoms with Crippen LogP contribution in [0.25, 0.3) is 16.7 Å². The first-order valence-electron chi connectivity index (χ1n) is 8.07. The molecule has 1 aliphatic rings. The first-order chi connectivity index (χ1) is 11.8. The summed E-state index contributed by atoms with van der Waals surface area (Å²) < 4.78 is 7.25. The van der Waals surface area contributed by atoms with Gasteiger partial charge in [-0.15, -0.1) is 0 Å². The molecular formula is C17H18AlN5O. The minimum Gasteiger partial charge on any atom is -0.654 e. The Morgan fingerprint density at radius 2 is 2.08 bits per heavy atom. The lowest BCUT2D eigenvalue weighted by atomic mass is 9.93. The number of benzene rings is 1. The number of nitrogens with two attached hydrogens (primary N) is 1. The smallest absolute Gasteiger partial charge is 0.482 e. The van der Waals surface area contributed by atoms with Crippen LogP contribution in [-0.2, 0) is 0 Å². The average molecular weight is 335 g/mol. The molecular weight excluding hydrogens is 317 g/mol. The normalized spacial score (nSPS) is 17.9. The van der Waals surface area contributed by atoms with E-state index in [4.69, 9.17) is 9.52 Å². The molecule has 1 fully saturated rings. The first-order valence-corrected chi connectivity index (χ1v) is 8.54. The van der Waals surface area contributed by atoms with Crippen molar-refractivity contribution in [2.45, 2.75) is 18.8 Å². The Bertz CT molecular complexity index is 855. The monoisotopic (exact) mass is 335 g/mol.